The number of carbonyl (C=O) groups is 1. The normalized spacial score (nSPS) is 11.0. The highest BCUT2D eigenvalue weighted by molar-refractivity contribution is 7.21. The van der Waals surface area contributed by atoms with Crippen molar-refractivity contribution in [3.63, 3.8) is 0 Å². The molecule has 0 saturated carbocycles. The number of furan rings is 1. The minimum absolute atomic E-state index is 0.106. The zero-order chi connectivity index (χ0) is 15.5. The molecule has 0 bridgehead atoms. The van der Waals surface area contributed by atoms with Gasteiger partial charge >= 0.3 is 6.03 Å². The standard InChI is InChI=1S/C16H17N3O2S/c1-10(2)18-16(20)17-9-11-7-8-13(21-11)15-19-12-5-3-4-6-14(12)22-15/h3-8,10H,9H2,1-2H3,(H2,17,18,20). The van der Waals surface area contributed by atoms with Crippen LogP contribution in [0.5, 0.6) is 0 Å². The molecule has 0 saturated heterocycles. The summed E-state index contributed by atoms with van der Waals surface area (Å²) in [5.41, 5.74) is 0.967. The van der Waals surface area contributed by atoms with Crippen molar-refractivity contribution in [1.82, 2.24) is 15.6 Å². The van der Waals surface area contributed by atoms with Gasteiger partial charge in [-0.25, -0.2) is 9.78 Å². The average molecular weight is 315 g/mol. The van der Waals surface area contributed by atoms with E-state index in [0.29, 0.717) is 12.3 Å². The number of hydrogen-bond donors (Lipinski definition) is 2. The lowest BCUT2D eigenvalue weighted by Crippen LogP contribution is -2.38. The zero-order valence-electron chi connectivity index (χ0n) is 12.4. The summed E-state index contributed by atoms with van der Waals surface area (Å²) in [6.07, 6.45) is 0. The fourth-order valence-electron chi connectivity index (χ4n) is 2.05. The van der Waals surface area contributed by atoms with Gasteiger partial charge in [0.2, 0.25) is 0 Å². The number of urea groups is 1. The number of aromatic nitrogens is 1. The Bertz CT molecular complexity index is 758. The largest absolute Gasteiger partial charge is 0.457 e. The molecule has 2 aromatic heterocycles. The maximum atomic E-state index is 11.5. The molecule has 0 spiro atoms. The molecule has 0 fully saturated rings. The molecule has 0 atom stereocenters. The predicted molar refractivity (Wildman–Crippen MR) is 87.8 cm³/mol. The van der Waals surface area contributed by atoms with Gasteiger partial charge in [0, 0.05) is 6.04 Å². The van der Waals surface area contributed by atoms with Gasteiger partial charge in [0.1, 0.15) is 5.76 Å². The van der Waals surface area contributed by atoms with E-state index in [0.717, 1.165) is 21.0 Å². The first-order chi connectivity index (χ1) is 10.6. The summed E-state index contributed by atoms with van der Waals surface area (Å²) in [4.78, 5) is 16.1. The van der Waals surface area contributed by atoms with Crippen LogP contribution >= 0.6 is 11.3 Å². The number of benzene rings is 1. The molecule has 1 aromatic carbocycles. The maximum absolute atomic E-state index is 11.5. The SMILES string of the molecule is CC(C)NC(=O)NCc1ccc(-c2nc3ccccc3s2)o1. The van der Waals surface area contributed by atoms with E-state index in [-0.39, 0.29) is 12.1 Å². The average Bonchev–Trinajstić information content (AvgIpc) is 3.10. The third-order valence-electron chi connectivity index (χ3n) is 3.01. The van der Waals surface area contributed by atoms with Crippen LogP contribution in [-0.4, -0.2) is 17.1 Å². The lowest BCUT2D eigenvalue weighted by Gasteiger charge is -2.08. The highest BCUT2D eigenvalue weighted by Crippen LogP contribution is 2.30. The van der Waals surface area contributed by atoms with Gasteiger partial charge in [-0.05, 0) is 38.1 Å². The Balaban J connectivity index is 1.69. The van der Waals surface area contributed by atoms with Gasteiger partial charge < -0.3 is 15.1 Å². The molecular formula is C16H17N3O2S. The van der Waals surface area contributed by atoms with E-state index >= 15 is 0 Å². The van der Waals surface area contributed by atoms with Crippen molar-refractivity contribution in [2.75, 3.05) is 0 Å². The molecule has 22 heavy (non-hydrogen) atoms. The van der Waals surface area contributed by atoms with Crippen LogP contribution in [0, 0.1) is 0 Å². The molecule has 2 N–H and O–H groups in total. The summed E-state index contributed by atoms with van der Waals surface area (Å²) < 4.78 is 6.89. The van der Waals surface area contributed by atoms with Crippen molar-refractivity contribution >= 4 is 27.6 Å². The smallest absolute Gasteiger partial charge is 0.315 e. The quantitative estimate of drug-likeness (QED) is 0.770. The molecule has 6 heteroatoms. The van der Waals surface area contributed by atoms with Gasteiger partial charge in [0.25, 0.3) is 0 Å². The van der Waals surface area contributed by atoms with Crippen molar-refractivity contribution in [2.45, 2.75) is 26.4 Å². The number of carbonyl (C=O) groups excluding carboxylic acids is 1. The number of nitrogens with zero attached hydrogens (tertiary/aromatic N) is 1. The number of nitrogens with one attached hydrogen (secondary N) is 2. The van der Waals surface area contributed by atoms with Crippen LogP contribution in [0.4, 0.5) is 4.79 Å². The predicted octanol–water partition coefficient (Wildman–Crippen LogP) is 3.76. The Morgan fingerprint density at radius 1 is 1.27 bits per heavy atom. The minimum Gasteiger partial charge on any atom is -0.457 e. The number of amides is 2. The maximum Gasteiger partial charge on any atom is 0.315 e. The third-order valence-corrected chi connectivity index (χ3v) is 4.06. The summed E-state index contributed by atoms with van der Waals surface area (Å²) in [7, 11) is 0. The van der Waals surface area contributed by atoms with Gasteiger partial charge in [-0.3, -0.25) is 0 Å². The monoisotopic (exact) mass is 315 g/mol. The first-order valence-electron chi connectivity index (χ1n) is 7.11. The van der Waals surface area contributed by atoms with E-state index in [4.69, 9.17) is 4.42 Å². The molecule has 114 valence electrons. The third kappa shape index (κ3) is 3.28. The molecule has 0 unspecified atom stereocenters. The second kappa shape index (κ2) is 6.19. The van der Waals surface area contributed by atoms with Crippen LogP contribution in [-0.2, 0) is 6.54 Å². The molecule has 0 radical (unpaired) electrons. The molecule has 0 aliphatic carbocycles. The van der Waals surface area contributed by atoms with Crippen molar-refractivity contribution in [2.24, 2.45) is 0 Å². The van der Waals surface area contributed by atoms with E-state index in [9.17, 15) is 4.79 Å². The second-order valence-corrected chi connectivity index (χ2v) is 6.27. The lowest BCUT2D eigenvalue weighted by atomic mass is 10.3. The Labute approximate surface area is 132 Å². The number of thiazole rings is 1. The number of hydrogen-bond acceptors (Lipinski definition) is 4. The molecule has 2 amide bonds. The van der Waals surface area contributed by atoms with Crippen LogP contribution in [0.25, 0.3) is 21.0 Å². The molecule has 5 nitrogen and oxygen atoms in total. The second-order valence-electron chi connectivity index (χ2n) is 5.23. The molecule has 3 aromatic rings. The summed E-state index contributed by atoms with van der Waals surface area (Å²) in [6.45, 7) is 4.18. The fraction of sp³-hybridized carbons (Fsp3) is 0.250. The van der Waals surface area contributed by atoms with E-state index in [2.05, 4.69) is 15.6 Å². The van der Waals surface area contributed by atoms with Crippen molar-refractivity contribution in [3.05, 3.63) is 42.2 Å². The van der Waals surface area contributed by atoms with Gasteiger partial charge in [-0.15, -0.1) is 11.3 Å². The lowest BCUT2D eigenvalue weighted by molar-refractivity contribution is 0.237. The first kappa shape index (κ1) is 14.6. The Morgan fingerprint density at radius 2 is 2.09 bits per heavy atom. The number of rotatable bonds is 4. The topological polar surface area (TPSA) is 67.2 Å². The Kier molecular flexibility index (Phi) is 4.11. The molecule has 0 aliphatic heterocycles. The van der Waals surface area contributed by atoms with Gasteiger partial charge in [-0.1, -0.05) is 12.1 Å². The summed E-state index contributed by atoms with van der Waals surface area (Å²) in [5.74, 6) is 1.43. The zero-order valence-corrected chi connectivity index (χ0v) is 13.2. The van der Waals surface area contributed by atoms with Crippen LogP contribution in [0.15, 0.2) is 40.8 Å². The van der Waals surface area contributed by atoms with Crippen LogP contribution in [0.1, 0.15) is 19.6 Å². The Morgan fingerprint density at radius 3 is 2.86 bits per heavy atom. The van der Waals surface area contributed by atoms with Gasteiger partial charge in [0.15, 0.2) is 10.8 Å². The van der Waals surface area contributed by atoms with E-state index in [1.54, 1.807) is 11.3 Å². The van der Waals surface area contributed by atoms with E-state index in [1.165, 1.54) is 0 Å². The van der Waals surface area contributed by atoms with Crippen molar-refractivity contribution in [3.8, 4) is 10.8 Å². The highest BCUT2D eigenvalue weighted by Gasteiger charge is 2.11. The minimum atomic E-state index is -0.201. The first-order valence-corrected chi connectivity index (χ1v) is 7.92. The van der Waals surface area contributed by atoms with Crippen LogP contribution in [0.3, 0.4) is 0 Å². The van der Waals surface area contributed by atoms with Crippen LogP contribution < -0.4 is 10.6 Å². The van der Waals surface area contributed by atoms with Gasteiger partial charge in [-0.2, -0.15) is 0 Å². The van der Waals surface area contributed by atoms with Crippen molar-refractivity contribution < 1.29 is 9.21 Å². The molecule has 0 aliphatic rings. The summed E-state index contributed by atoms with van der Waals surface area (Å²) in [6, 6.07) is 11.6. The molecule has 3 rings (SSSR count). The van der Waals surface area contributed by atoms with Crippen LogP contribution in [0.2, 0.25) is 0 Å². The molecule has 2 heterocycles. The van der Waals surface area contributed by atoms with E-state index in [1.807, 2.05) is 50.2 Å². The summed E-state index contributed by atoms with van der Waals surface area (Å²) >= 11 is 1.59. The van der Waals surface area contributed by atoms with Crippen molar-refractivity contribution in [1.29, 1.82) is 0 Å². The van der Waals surface area contributed by atoms with E-state index < -0.39 is 0 Å². The summed E-state index contributed by atoms with van der Waals surface area (Å²) in [5, 5.41) is 6.37. The Hall–Kier alpha value is -2.34. The number of fused-ring (bicyclic) bond motifs is 1. The number of para-hydroxylation sites is 1. The fourth-order valence-corrected chi connectivity index (χ4v) is 2.97. The molecular weight excluding hydrogens is 298 g/mol. The highest BCUT2D eigenvalue weighted by atomic mass is 32.1. The van der Waals surface area contributed by atoms with Gasteiger partial charge in [0.05, 0.1) is 16.8 Å².